The van der Waals surface area contributed by atoms with Crippen molar-refractivity contribution < 1.29 is 9.84 Å². The first kappa shape index (κ1) is 26.1. The van der Waals surface area contributed by atoms with Crippen molar-refractivity contribution in [2.75, 3.05) is 44.7 Å². The quantitative estimate of drug-likeness (QED) is 0.330. The maximum Gasteiger partial charge on any atom is 0.225 e. The number of nitrogens with one attached hydrogen (secondary N) is 2. The standard InChI is InChI=1S/C32H38N8O2/c1-20-28-24-13-26(23-5-3-4-6-27(23)41)37-38-29(24)36-25(28)7-10-40(20)30-34-16-21(17-35-30)32(42-2)8-11-39(12-9-32)22-14-31(15-22)18-33-19-31/h3-6,13,16-17,20,22,33,41H,7-12,14-15,18-19H2,1-2H3,(H,36,38). The number of para-hydroxylation sites is 1. The second-order valence-corrected chi connectivity index (χ2v) is 12.8. The Kier molecular flexibility index (Phi) is 6.03. The molecule has 1 unspecified atom stereocenters. The van der Waals surface area contributed by atoms with Crippen LogP contribution in [0, 0.1) is 5.41 Å². The third kappa shape index (κ3) is 4.03. The first-order chi connectivity index (χ1) is 20.5. The first-order valence-corrected chi connectivity index (χ1v) is 15.2. The molecular formula is C32H38N8O2. The van der Waals surface area contributed by atoms with Crippen LogP contribution < -0.4 is 10.2 Å². The summed E-state index contributed by atoms with van der Waals surface area (Å²) in [4.78, 5) is 18.2. The molecule has 0 bridgehead atoms. The minimum atomic E-state index is -0.329. The molecule has 10 nitrogen and oxygen atoms in total. The number of nitrogens with zero attached hydrogens (tertiary/aromatic N) is 6. The summed E-state index contributed by atoms with van der Waals surface area (Å²) >= 11 is 0. The van der Waals surface area contributed by atoms with Gasteiger partial charge in [0.1, 0.15) is 5.75 Å². The van der Waals surface area contributed by atoms with Gasteiger partial charge in [0.25, 0.3) is 0 Å². The monoisotopic (exact) mass is 566 g/mol. The third-order valence-electron chi connectivity index (χ3n) is 10.6. The van der Waals surface area contributed by atoms with Gasteiger partial charge in [-0.2, -0.15) is 0 Å². The highest BCUT2D eigenvalue weighted by molar-refractivity contribution is 5.86. The molecule has 4 aliphatic rings. The molecule has 2 saturated heterocycles. The smallest absolute Gasteiger partial charge is 0.225 e. The molecular weight excluding hydrogens is 528 g/mol. The molecule has 3 aromatic heterocycles. The number of piperidine rings is 1. The van der Waals surface area contributed by atoms with E-state index in [0.29, 0.717) is 16.7 Å². The molecule has 1 atom stereocenters. The molecule has 1 spiro atoms. The number of phenols is 1. The number of anilines is 1. The Balaban J connectivity index is 1.01. The Morgan fingerprint density at radius 3 is 2.48 bits per heavy atom. The van der Waals surface area contributed by atoms with E-state index in [1.54, 1.807) is 6.07 Å². The van der Waals surface area contributed by atoms with E-state index in [1.165, 1.54) is 37.2 Å². The van der Waals surface area contributed by atoms with Crippen LogP contribution in [0.3, 0.4) is 0 Å². The predicted molar refractivity (Wildman–Crippen MR) is 160 cm³/mol. The van der Waals surface area contributed by atoms with Crippen LogP contribution in [-0.4, -0.2) is 81.0 Å². The summed E-state index contributed by atoms with van der Waals surface area (Å²) in [6.07, 6.45) is 9.42. The number of fused-ring (bicyclic) bond motifs is 3. The zero-order valence-corrected chi connectivity index (χ0v) is 24.3. The van der Waals surface area contributed by atoms with Crippen molar-refractivity contribution in [3.05, 3.63) is 59.5 Å². The van der Waals surface area contributed by atoms with Crippen LogP contribution in [0.25, 0.3) is 22.3 Å². The number of hydrogen-bond acceptors (Lipinski definition) is 9. The van der Waals surface area contributed by atoms with E-state index in [4.69, 9.17) is 14.7 Å². The average molecular weight is 567 g/mol. The van der Waals surface area contributed by atoms with Crippen LogP contribution in [0.5, 0.6) is 5.75 Å². The summed E-state index contributed by atoms with van der Waals surface area (Å²) in [7, 11) is 1.83. The fraction of sp³-hybridized carbons (Fsp3) is 0.500. The number of phenolic OH excluding ortho intramolecular Hbond substituents is 1. The minimum Gasteiger partial charge on any atom is -0.507 e. The molecule has 8 rings (SSSR count). The summed E-state index contributed by atoms with van der Waals surface area (Å²) in [5.41, 5.74) is 5.79. The van der Waals surface area contributed by atoms with Crippen LogP contribution in [-0.2, 0) is 16.8 Å². The topological polar surface area (TPSA) is 115 Å². The zero-order valence-electron chi connectivity index (χ0n) is 24.3. The van der Waals surface area contributed by atoms with Gasteiger partial charge < -0.3 is 29.9 Å². The van der Waals surface area contributed by atoms with E-state index in [0.717, 1.165) is 67.5 Å². The number of H-pyrrole nitrogens is 1. The summed E-state index contributed by atoms with van der Waals surface area (Å²) in [6, 6.07) is 10.0. The molecule has 4 aromatic rings. The van der Waals surface area contributed by atoms with Crippen molar-refractivity contribution >= 4 is 17.0 Å². The second kappa shape index (κ2) is 9.72. The Hall–Kier alpha value is -3.60. The van der Waals surface area contributed by atoms with Crippen LogP contribution in [0.4, 0.5) is 5.95 Å². The lowest BCUT2D eigenvalue weighted by Crippen LogP contribution is -2.66. The maximum atomic E-state index is 10.4. The van der Waals surface area contributed by atoms with E-state index < -0.39 is 0 Å². The van der Waals surface area contributed by atoms with Crippen LogP contribution in [0.2, 0.25) is 0 Å². The number of ether oxygens (including phenoxy) is 1. The van der Waals surface area contributed by atoms with Gasteiger partial charge in [-0.05, 0) is 56.2 Å². The molecule has 218 valence electrons. The molecule has 1 aromatic carbocycles. The molecule has 3 aliphatic heterocycles. The van der Waals surface area contributed by atoms with Crippen molar-refractivity contribution in [2.24, 2.45) is 5.41 Å². The molecule has 10 heteroatoms. The third-order valence-corrected chi connectivity index (χ3v) is 10.6. The van der Waals surface area contributed by atoms with Gasteiger partial charge in [0.2, 0.25) is 5.95 Å². The minimum absolute atomic E-state index is 0.0473. The van der Waals surface area contributed by atoms with Crippen LogP contribution >= 0.6 is 0 Å². The zero-order chi connectivity index (χ0) is 28.5. The van der Waals surface area contributed by atoms with E-state index >= 15 is 0 Å². The summed E-state index contributed by atoms with van der Waals surface area (Å²) in [5.74, 6) is 0.924. The summed E-state index contributed by atoms with van der Waals surface area (Å²) < 4.78 is 6.20. The first-order valence-electron chi connectivity index (χ1n) is 15.2. The predicted octanol–water partition coefficient (Wildman–Crippen LogP) is 3.93. The fourth-order valence-corrected chi connectivity index (χ4v) is 7.94. The maximum absolute atomic E-state index is 10.4. The van der Waals surface area contributed by atoms with E-state index in [1.807, 2.05) is 43.8 Å². The number of aromatic hydroxyl groups is 1. The SMILES string of the molecule is COC1(c2cnc(N3CCc4[nH]c5nnc(-c6ccccc6O)cc5c4C3C)nc2)CCN(C2CC3(CNC3)C2)CC1. The van der Waals surface area contributed by atoms with Gasteiger partial charge in [0.15, 0.2) is 5.65 Å². The van der Waals surface area contributed by atoms with Crippen molar-refractivity contribution in [1.82, 2.24) is 35.4 Å². The van der Waals surface area contributed by atoms with Gasteiger partial charge in [-0.25, -0.2) is 9.97 Å². The van der Waals surface area contributed by atoms with Gasteiger partial charge in [-0.15, -0.1) is 10.2 Å². The molecule has 0 radical (unpaired) electrons. The Labute approximate surface area is 245 Å². The average Bonchev–Trinajstić information content (AvgIpc) is 3.35. The lowest BCUT2D eigenvalue weighted by molar-refractivity contribution is -0.0993. The molecule has 1 aliphatic carbocycles. The number of hydrogen-bond donors (Lipinski definition) is 3. The molecule has 6 heterocycles. The van der Waals surface area contributed by atoms with Gasteiger partial charge >= 0.3 is 0 Å². The van der Waals surface area contributed by atoms with Crippen molar-refractivity contribution in [3.63, 3.8) is 0 Å². The largest absolute Gasteiger partial charge is 0.507 e. The van der Waals surface area contributed by atoms with Crippen LogP contribution in [0.1, 0.15) is 55.5 Å². The number of benzene rings is 1. The second-order valence-electron chi connectivity index (χ2n) is 12.8. The highest BCUT2D eigenvalue weighted by Crippen LogP contribution is 2.48. The van der Waals surface area contributed by atoms with E-state index in [9.17, 15) is 5.11 Å². The van der Waals surface area contributed by atoms with E-state index in [-0.39, 0.29) is 17.4 Å². The Bertz CT molecular complexity index is 1620. The highest BCUT2D eigenvalue weighted by Gasteiger charge is 2.51. The number of rotatable bonds is 5. The lowest BCUT2D eigenvalue weighted by Gasteiger charge is -2.58. The van der Waals surface area contributed by atoms with Gasteiger partial charge in [0.05, 0.1) is 17.3 Å². The Morgan fingerprint density at radius 1 is 1.02 bits per heavy atom. The van der Waals surface area contributed by atoms with Crippen LogP contribution in [0.15, 0.2) is 42.7 Å². The molecule has 42 heavy (non-hydrogen) atoms. The van der Waals surface area contributed by atoms with Gasteiger partial charge in [-0.3, -0.25) is 0 Å². The Morgan fingerprint density at radius 2 is 1.79 bits per heavy atom. The van der Waals surface area contributed by atoms with E-state index in [2.05, 4.69) is 37.2 Å². The van der Waals surface area contributed by atoms with Crippen molar-refractivity contribution in [1.29, 1.82) is 0 Å². The van der Waals surface area contributed by atoms with Gasteiger partial charge in [-0.1, -0.05) is 12.1 Å². The van der Waals surface area contributed by atoms with Crippen molar-refractivity contribution in [3.8, 4) is 17.0 Å². The highest BCUT2D eigenvalue weighted by atomic mass is 16.5. The summed E-state index contributed by atoms with van der Waals surface area (Å²) in [5, 5.41) is 23.7. The fourth-order valence-electron chi connectivity index (χ4n) is 7.94. The lowest BCUT2D eigenvalue weighted by atomic mass is 9.61. The number of aromatic nitrogens is 5. The van der Waals surface area contributed by atoms with Gasteiger partial charge in [0, 0.05) is 92.5 Å². The number of likely N-dealkylation sites (tertiary alicyclic amines) is 1. The summed E-state index contributed by atoms with van der Waals surface area (Å²) in [6.45, 7) is 7.52. The number of aromatic amines is 1. The molecule has 3 N–H and O–H groups in total. The number of methoxy groups -OCH3 is 1. The molecule has 3 fully saturated rings. The molecule has 1 saturated carbocycles. The molecule has 0 amide bonds. The normalized spacial score (nSPS) is 23.5. The van der Waals surface area contributed by atoms with Crippen molar-refractivity contribution in [2.45, 2.75) is 56.7 Å².